The molecule has 0 aliphatic heterocycles. The summed E-state index contributed by atoms with van der Waals surface area (Å²) in [6, 6.07) is 36.1. The monoisotopic (exact) mass is 570 g/mol. The van der Waals surface area contributed by atoms with Gasteiger partial charge in [-0.1, -0.05) is 120 Å². The number of rotatable bonds is 4. The van der Waals surface area contributed by atoms with Gasteiger partial charge in [0.05, 0.1) is 0 Å². The number of hydrogen-bond acceptors (Lipinski definition) is 4. The van der Waals surface area contributed by atoms with Gasteiger partial charge in [-0.15, -0.1) is 0 Å². The summed E-state index contributed by atoms with van der Waals surface area (Å²) in [4.78, 5) is 2.97. The van der Waals surface area contributed by atoms with E-state index in [-0.39, 0.29) is 16.5 Å². The smallest absolute Gasteiger partial charge is 0 e. The van der Waals surface area contributed by atoms with Gasteiger partial charge in [0.2, 0.25) is 0 Å². The molecular formula is C30H24NiS4-4. The largest absolute Gasteiger partial charge is 0.781 e. The number of aryl methyl sites for hydroxylation is 2. The number of benzene rings is 4. The van der Waals surface area contributed by atoms with Crippen molar-refractivity contribution in [3.05, 3.63) is 143 Å². The Morgan fingerprint density at radius 1 is 0.400 bits per heavy atom. The van der Waals surface area contributed by atoms with Crippen molar-refractivity contribution >= 4 is 70.1 Å². The molecule has 0 saturated heterocycles. The molecule has 0 atom stereocenters. The maximum absolute atomic E-state index is 5.44. The topological polar surface area (TPSA) is 0 Å². The molecule has 0 bridgehead atoms. The third-order valence-corrected chi connectivity index (χ3v) is 7.06. The van der Waals surface area contributed by atoms with Gasteiger partial charge < -0.3 is 50.5 Å². The third kappa shape index (κ3) is 8.42. The fourth-order valence-electron chi connectivity index (χ4n) is 3.28. The zero-order valence-corrected chi connectivity index (χ0v) is 23.6. The average molecular weight is 571 g/mol. The van der Waals surface area contributed by atoms with E-state index in [2.05, 4.69) is 38.1 Å². The molecule has 4 rings (SSSR count). The van der Waals surface area contributed by atoms with Crippen molar-refractivity contribution in [1.82, 2.24) is 0 Å². The van der Waals surface area contributed by atoms with Crippen LogP contribution < -0.4 is 0 Å². The molecule has 0 radical (unpaired) electrons. The van der Waals surface area contributed by atoms with Gasteiger partial charge in [-0.2, -0.15) is 19.6 Å². The zero-order chi connectivity index (χ0) is 24.5. The first-order valence-corrected chi connectivity index (χ1v) is 12.4. The van der Waals surface area contributed by atoms with Gasteiger partial charge in [0, 0.05) is 16.5 Å². The molecule has 0 saturated carbocycles. The van der Waals surface area contributed by atoms with E-state index in [1.54, 1.807) is 0 Å². The Hall–Kier alpha value is -2.27. The minimum atomic E-state index is 0. The average Bonchev–Trinajstić information content (AvgIpc) is 2.88. The zero-order valence-electron chi connectivity index (χ0n) is 19.3. The molecule has 182 valence electrons. The summed E-state index contributed by atoms with van der Waals surface area (Å²) in [7, 11) is 0. The molecule has 0 aliphatic carbocycles. The predicted octanol–water partition coefficient (Wildman–Crippen LogP) is 7.83. The summed E-state index contributed by atoms with van der Waals surface area (Å²) in [5.74, 6) is 0. The van der Waals surface area contributed by atoms with E-state index in [0.717, 1.165) is 41.9 Å². The van der Waals surface area contributed by atoms with Crippen molar-refractivity contribution in [3.63, 3.8) is 0 Å². The van der Waals surface area contributed by atoms with Crippen LogP contribution in [0.5, 0.6) is 0 Å². The van der Waals surface area contributed by atoms with E-state index in [9.17, 15) is 0 Å². The van der Waals surface area contributed by atoms with Crippen LogP contribution in [-0.4, -0.2) is 0 Å². The van der Waals surface area contributed by atoms with Crippen molar-refractivity contribution in [3.8, 4) is 0 Å². The van der Waals surface area contributed by atoms with E-state index in [1.807, 2.05) is 84.9 Å². The molecule has 4 aromatic rings. The van der Waals surface area contributed by atoms with E-state index in [1.165, 1.54) is 11.1 Å². The van der Waals surface area contributed by atoms with Gasteiger partial charge in [-0.05, 0) is 36.1 Å². The van der Waals surface area contributed by atoms with Crippen LogP contribution in [0, 0.1) is 13.8 Å². The summed E-state index contributed by atoms with van der Waals surface area (Å²) in [6.45, 7) is 4.11. The molecule has 35 heavy (non-hydrogen) atoms. The second-order valence-corrected chi connectivity index (χ2v) is 9.42. The molecule has 0 heterocycles. The molecule has 0 aromatic heterocycles. The molecule has 0 nitrogen and oxygen atoms in total. The predicted molar refractivity (Wildman–Crippen MR) is 158 cm³/mol. The van der Waals surface area contributed by atoms with Crippen LogP contribution in [0.4, 0.5) is 0 Å². The number of hydrogen-bond donors (Lipinski definition) is 0. The third-order valence-electron chi connectivity index (χ3n) is 5.04. The van der Waals surface area contributed by atoms with Crippen LogP contribution in [-0.2, 0) is 67.0 Å². The van der Waals surface area contributed by atoms with Crippen molar-refractivity contribution in [2.45, 2.75) is 13.8 Å². The summed E-state index contributed by atoms with van der Waals surface area (Å²) >= 11 is 21.7. The maximum Gasteiger partial charge on any atom is 0 e. The molecule has 0 N–H and O–H groups in total. The van der Waals surface area contributed by atoms with E-state index in [4.69, 9.17) is 50.5 Å². The van der Waals surface area contributed by atoms with Gasteiger partial charge in [0.1, 0.15) is 0 Å². The Bertz CT molecular complexity index is 1190. The minimum absolute atomic E-state index is 0. The minimum Gasteiger partial charge on any atom is -0.781 e. The molecule has 4 aromatic carbocycles. The quantitative estimate of drug-likeness (QED) is 0.139. The molecule has 0 fully saturated rings. The SMILES string of the molecule is Cc1cccc(C([S-])=C([S-])c2ccccc2)c1.Cc1cccc(C([S-])=C([S-])c2ccccc2)c1.[Ni]. The van der Waals surface area contributed by atoms with Gasteiger partial charge in [0.25, 0.3) is 0 Å². The van der Waals surface area contributed by atoms with Crippen molar-refractivity contribution in [2.75, 3.05) is 0 Å². The Labute approximate surface area is 241 Å². The van der Waals surface area contributed by atoms with Gasteiger partial charge >= 0.3 is 0 Å². The fourth-order valence-corrected chi connectivity index (χ4v) is 4.27. The first-order valence-electron chi connectivity index (χ1n) is 10.8. The van der Waals surface area contributed by atoms with Crippen LogP contribution in [0.1, 0.15) is 33.4 Å². The van der Waals surface area contributed by atoms with Gasteiger partial charge in [-0.25, -0.2) is 0 Å². The summed E-state index contributed by atoms with van der Waals surface area (Å²) < 4.78 is 0. The normalized spacial score (nSPS) is 11.7. The summed E-state index contributed by atoms with van der Waals surface area (Å²) in [6.07, 6.45) is 0. The summed E-state index contributed by atoms with van der Waals surface area (Å²) in [5.41, 5.74) is 6.45. The molecular weight excluding hydrogens is 547 g/mol. The van der Waals surface area contributed by atoms with Crippen molar-refractivity contribution in [2.24, 2.45) is 0 Å². The van der Waals surface area contributed by atoms with Crippen LogP contribution >= 0.6 is 0 Å². The van der Waals surface area contributed by atoms with E-state index in [0.29, 0.717) is 0 Å². The van der Waals surface area contributed by atoms with E-state index >= 15 is 0 Å². The van der Waals surface area contributed by atoms with Crippen LogP contribution in [0.3, 0.4) is 0 Å². The van der Waals surface area contributed by atoms with Crippen molar-refractivity contribution in [1.29, 1.82) is 0 Å². The Kier molecular flexibility index (Phi) is 11.9. The van der Waals surface area contributed by atoms with Gasteiger partial charge in [0.15, 0.2) is 0 Å². The fraction of sp³-hybridized carbons (Fsp3) is 0.0667. The first kappa shape index (κ1) is 29.0. The standard InChI is InChI=1S/2C15H14S2.Ni/c2*1-11-6-5-9-13(10-11)15(17)14(16)12-7-3-2-4-8-12;/h2*2-10,16-17H,1H3;/p-4. The van der Waals surface area contributed by atoms with Gasteiger partial charge in [-0.3, -0.25) is 0 Å². The summed E-state index contributed by atoms with van der Waals surface area (Å²) in [5, 5.41) is 0. The van der Waals surface area contributed by atoms with Crippen LogP contribution in [0.2, 0.25) is 0 Å². The molecule has 0 spiro atoms. The molecule has 5 heteroatoms. The second-order valence-electron chi connectivity index (χ2n) is 7.79. The maximum atomic E-state index is 5.44. The first-order chi connectivity index (χ1) is 16.4. The molecule has 0 aliphatic rings. The Balaban J connectivity index is 0.000000240. The van der Waals surface area contributed by atoms with Crippen LogP contribution in [0.25, 0.3) is 19.6 Å². The Morgan fingerprint density at radius 2 is 0.686 bits per heavy atom. The van der Waals surface area contributed by atoms with Crippen molar-refractivity contribution < 1.29 is 16.5 Å². The molecule has 0 unspecified atom stereocenters. The van der Waals surface area contributed by atoms with Crippen LogP contribution in [0.15, 0.2) is 109 Å². The second kappa shape index (κ2) is 14.3. The Morgan fingerprint density at radius 3 is 1.00 bits per heavy atom. The molecule has 0 amide bonds. The van der Waals surface area contributed by atoms with E-state index < -0.39 is 0 Å².